The molecule has 0 heterocycles. The van der Waals surface area contributed by atoms with Crippen LogP contribution in [0, 0.1) is 6.92 Å². The molecule has 21 heavy (non-hydrogen) atoms. The number of rotatable bonds is 5. The van der Waals surface area contributed by atoms with Gasteiger partial charge in [0.15, 0.2) is 5.78 Å². The number of anilines is 1. The highest BCUT2D eigenvalue weighted by Crippen LogP contribution is 2.23. The fourth-order valence-corrected chi connectivity index (χ4v) is 2.32. The summed E-state index contributed by atoms with van der Waals surface area (Å²) in [6.07, 6.45) is 0.365. The van der Waals surface area contributed by atoms with E-state index in [-0.39, 0.29) is 5.78 Å². The fraction of sp³-hybridized carbons (Fsp3) is 0.188. The highest BCUT2D eigenvalue weighted by Gasteiger charge is 2.08. The lowest BCUT2D eigenvalue weighted by molar-refractivity contribution is 0.0986. The number of halogens is 3. The summed E-state index contributed by atoms with van der Waals surface area (Å²) >= 11 is 17.8. The molecule has 110 valence electrons. The van der Waals surface area contributed by atoms with E-state index in [4.69, 9.17) is 34.8 Å². The van der Waals surface area contributed by atoms with Crippen molar-refractivity contribution in [1.29, 1.82) is 0 Å². The van der Waals surface area contributed by atoms with Crippen LogP contribution in [-0.2, 0) is 0 Å². The molecular weight excluding hydrogens is 329 g/mol. The van der Waals surface area contributed by atoms with Crippen LogP contribution in [0.1, 0.15) is 22.3 Å². The van der Waals surface area contributed by atoms with E-state index in [1.165, 1.54) is 0 Å². The maximum absolute atomic E-state index is 12.1. The maximum atomic E-state index is 12.1. The third kappa shape index (κ3) is 4.37. The van der Waals surface area contributed by atoms with E-state index in [1.54, 1.807) is 18.2 Å². The minimum absolute atomic E-state index is 0.0132. The van der Waals surface area contributed by atoms with Gasteiger partial charge in [-0.05, 0) is 42.8 Å². The van der Waals surface area contributed by atoms with Crippen molar-refractivity contribution in [3.05, 3.63) is 62.6 Å². The molecule has 2 aromatic carbocycles. The smallest absolute Gasteiger partial charge is 0.164 e. The Hall–Kier alpha value is -1.22. The first-order valence-corrected chi connectivity index (χ1v) is 7.59. The number of aryl methyl sites for hydroxylation is 1. The van der Waals surface area contributed by atoms with E-state index in [1.807, 2.05) is 25.1 Å². The van der Waals surface area contributed by atoms with Gasteiger partial charge in [-0.15, -0.1) is 0 Å². The first kappa shape index (κ1) is 16.2. The number of Topliss-reactive ketones (excluding diaryl/α,β-unsaturated/α-hetero) is 1. The molecule has 0 aliphatic heterocycles. The molecule has 0 atom stereocenters. The molecule has 0 saturated heterocycles. The summed E-state index contributed by atoms with van der Waals surface area (Å²) in [4.78, 5) is 12.1. The van der Waals surface area contributed by atoms with Crippen molar-refractivity contribution in [2.24, 2.45) is 0 Å². The lowest BCUT2D eigenvalue weighted by Crippen LogP contribution is -2.09. The number of benzene rings is 2. The predicted octanol–water partition coefficient (Wildman–Crippen LogP) is 5.64. The summed E-state index contributed by atoms with van der Waals surface area (Å²) in [5.74, 6) is 0.0132. The topological polar surface area (TPSA) is 29.1 Å². The Morgan fingerprint density at radius 1 is 1.00 bits per heavy atom. The number of ketones is 1. The van der Waals surface area contributed by atoms with E-state index in [0.29, 0.717) is 33.6 Å². The van der Waals surface area contributed by atoms with Crippen LogP contribution < -0.4 is 5.32 Å². The van der Waals surface area contributed by atoms with Gasteiger partial charge in [0.25, 0.3) is 0 Å². The molecule has 2 rings (SSSR count). The number of carbonyl (C=O) groups excluding carboxylic acids is 1. The summed E-state index contributed by atoms with van der Waals surface area (Å²) in [6, 6.07) is 10.6. The van der Waals surface area contributed by atoms with Crippen molar-refractivity contribution in [1.82, 2.24) is 0 Å². The summed E-state index contributed by atoms with van der Waals surface area (Å²) in [7, 11) is 0. The number of carbonyl (C=O) groups is 1. The fourth-order valence-electron chi connectivity index (χ4n) is 1.84. The molecule has 0 bridgehead atoms. The van der Waals surface area contributed by atoms with Gasteiger partial charge in [0.1, 0.15) is 0 Å². The zero-order valence-corrected chi connectivity index (χ0v) is 13.7. The van der Waals surface area contributed by atoms with Crippen LogP contribution in [0.5, 0.6) is 0 Å². The van der Waals surface area contributed by atoms with Crippen molar-refractivity contribution in [2.75, 3.05) is 11.9 Å². The van der Waals surface area contributed by atoms with Crippen LogP contribution in [0.4, 0.5) is 5.69 Å². The van der Waals surface area contributed by atoms with Crippen molar-refractivity contribution in [3.8, 4) is 0 Å². The summed E-state index contributed by atoms with van der Waals surface area (Å²) in [6.45, 7) is 2.47. The van der Waals surface area contributed by atoms with Crippen molar-refractivity contribution in [3.63, 3.8) is 0 Å². The van der Waals surface area contributed by atoms with E-state index < -0.39 is 0 Å². The zero-order chi connectivity index (χ0) is 15.4. The van der Waals surface area contributed by atoms with Crippen LogP contribution >= 0.6 is 34.8 Å². The minimum Gasteiger partial charge on any atom is -0.385 e. The number of nitrogens with one attached hydrogen (secondary N) is 1. The third-order valence-electron chi connectivity index (χ3n) is 3.09. The normalized spacial score (nSPS) is 10.5. The predicted molar refractivity (Wildman–Crippen MR) is 90.1 cm³/mol. The van der Waals surface area contributed by atoms with E-state index in [2.05, 4.69) is 5.32 Å². The molecule has 0 fully saturated rings. The monoisotopic (exact) mass is 341 g/mol. The third-order valence-corrected chi connectivity index (χ3v) is 4.24. The van der Waals surface area contributed by atoms with E-state index >= 15 is 0 Å². The van der Waals surface area contributed by atoms with Crippen LogP contribution in [0.3, 0.4) is 0 Å². The molecule has 2 nitrogen and oxygen atoms in total. The zero-order valence-electron chi connectivity index (χ0n) is 11.4. The van der Waals surface area contributed by atoms with Crippen molar-refractivity contribution >= 4 is 46.3 Å². The molecule has 0 spiro atoms. The molecule has 5 heteroatoms. The Labute approximate surface area is 139 Å². The highest BCUT2D eigenvalue weighted by atomic mass is 35.5. The molecule has 2 aromatic rings. The van der Waals surface area contributed by atoms with Crippen LogP contribution in [0.15, 0.2) is 36.4 Å². The molecule has 1 N–H and O–H groups in total. The highest BCUT2D eigenvalue weighted by molar-refractivity contribution is 6.42. The Morgan fingerprint density at radius 2 is 1.76 bits per heavy atom. The van der Waals surface area contributed by atoms with Gasteiger partial charge in [0.2, 0.25) is 0 Å². The minimum atomic E-state index is 0.0132. The van der Waals surface area contributed by atoms with E-state index in [0.717, 1.165) is 11.3 Å². The van der Waals surface area contributed by atoms with Crippen LogP contribution in [0.25, 0.3) is 0 Å². The molecule has 0 aromatic heterocycles. The quantitative estimate of drug-likeness (QED) is 0.712. The average Bonchev–Trinajstić information content (AvgIpc) is 2.45. The van der Waals surface area contributed by atoms with Crippen molar-refractivity contribution < 1.29 is 4.79 Å². The van der Waals surface area contributed by atoms with Gasteiger partial charge in [-0.25, -0.2) is 0 Å². The second-order valence-corrected chi connectivity index (χ2v) is 5.91. The SMILES string of the molecule is Cc1ccc(NCCC(=O)c2ccc(Cl)c(Cl)c2)cc1Cl. The Bertz CT molecular complexity index is 671. The van der Waals surface area contributed by atoms with Crippen LogP contribution in [0.2, 0.25) is 15.1 Å². The molecule has 0 aliphatic rings. The second-order valence-electron chi connectivity index (χ2n) is 4.69. The second kappa shape index (κ2) is 7.17. The largest absolute Gasteiger partial charge is 0.385 e. The van der Waals surface area contributed by atoms with Gasteiger partial charge in [-0.1, -0.05) is 40.9 Å². The maximum Gasteiger partial charge on any atom is 0.164 e. The number of hydrogen-bond acceptors (Lipinski definition) is 2. The summed E-state index contributed by atoms with van der Waals surface area (Å²) in [5.41, 5.74) is 2.48. The standard InChI is InChI=1S/C16H14Cl3NO/c1-10-2-4-12(9-14(10)18)20-7-6-16(21)11-3-5-13(17)15(19)8-11/h2-5,8-9,20H,6-7H2,1H3. The van der Waals surface area contributed by atoms with Gasteiger partial charge in [0.05, 0.1) is 10.0 Å². The first-order chi connectivity index (χ1) is 9.97. The van der Waals surface area contributed by atoms with Gasteiger partial charge in [0, 0.05) is 29.2 Å². The molecule has 0 saturated carbocycles. The van der Waals surface area contributed by atoms with Crippen molar-refractivity contribution in [2.45, 2.75) is 13.3 Å². The Morgan fingerprint density at radius 3 is 2.43 bits per heavy atom. The molecular formula is C16H14Cl3NO. The molecule has 0 radical (unpaired) electrons. The lowest BCUT2D eigenvalue weighted by atomic mass is 10.1. The lowest BCUT2D eigenvalue weighted by Gasteiger charge is -2.08. The van der Waals surface area contributed by atoms with Gasteiger partial charge >= 0.3 is 0 Å². The first-order valence-electron chi connectivity index (χ1n) is 6.45. The van der Waals surface area contributed by atoms with Gasteiger partial charge < -0.3 is 5.32 Å². The number of hydrogen-bond donors (Lipinski definition) is 1. The summed E-state index contributed by atoms with van der Waals surface area (Å²) in [5, 5.41) is 4.71. The van der Waals surface area contributed by atoms with Gasteiger partial charge in [-0.3, -0.25) is 4.79 Å². The van der Waals surface area contributed by atoms with E-state index in [9.17, 15) is 4.79 Å². The average molecular weight is 343 g/mol. The molecule has 0 unspecified atom stereocenters. The Balaban J connectivity index is 1.92. The summed E-state index contributed by atoms with van der Waals surface area (Å²) < 4.78 is 0. The van der Waals surface area contributed by atoms with Gasteiger partial charge in [-0.2, -0.15) is 0 Å². The van der Waals surface area contributed by atoms with Crippen LogP contribution in [-0.4, -0.2) is 12.3 Å². The Kier molecular flexibility index (Phi) is 5.51. The molecule has 0 amide bonds. The molecule has 0 aliphatic carbocycles.